The van der Waals surface area contributed by atoms with Crippen molar-refractivity contribution in [2.24, 2.45) is 11.8 Å². The number of amides is 1. The van der Waals surface area contributed by atoms with Crippen molar-refractivity contribution in [1.82, 2.24) is 4.98 Å². The van der Waals surface area contributed by atoms with Gasteiger partial charge in [0.15, 0.2) is 5.78 Å². The fourth-order valence-corrected chi connectivity index (χ4v) is 4.66. The van der Waals surface area contributed by atoms with Gasteiger partial charge in [0.25, 0.3) is 0 Å². The number of hydrogen-bond donors (Lipinski definition) is 1. The molecule has 1 N–H and O–H groups in total. The first-order chi connectivity index (χ1) is 13.8. The van der Waals surface area contributed by atoms with E-state index in [2.05, 4.69) is 24.1 Å². The predicted octanol–water partition coefficient (Wildman–Crippen LogP) is 6.37. The molecule has 1 aliphatic rings. The largest absolute Gasteiger partial charge is 0.316 e. The molecule has 0 spiro atoms. The van der Waals surface area contributed by atoms with Crippen molar-refractivity contribution < 1.29 is 9.59 Å². The highest BCUT2D eigenvalue weighted by atomic mass is 32.1. The summed E-state index contributed by atoms with van der Waals surface area (Å²) < 4.78 is 0. The summed E-state index contributed by atoms with van der Waals surface area (Å²) in [5.41, 5.74) is 3.27. The Labute approximate surface area is 179 Å². The van der Waals surface area contributed by atoms with E-state index in [9.17, 15) is 9.59 Å². The Balaban J connectivity index is 0.000000221. The molecule has 1 aromatic heterocycles. The molecule has 0 saturated heterocycles. The van der Waals surface area contributed by atoms with Gasteiger partial charge in [-0.25, -0.2) is 4.98 Å². The Bertz CT molecular complexity index is 820. The number of rotatable bonds is 5. The van der Waals surface area contributed by atoms with Crippen molar-refractivity contribution in [2.45, 2.75) is 73.1 Å². The van der Waals surface area contributed by atoms with Crippen LogP contribution in [-0.2, 0) is 11.2 Å². The van der Waals surface area contributed by atoms with Gasteiger partial charge < -0.3 is 5.32 Å². The molecule has 0 unspecified atom stereocenters. The molecule has 1 amide bonds. The number of aryl methyl sites for hydroxylation is 2. The molecule has 1 saturated carbocycles. The van der Waals surface area contributed by atoms with Crippen molar-refractivity contribution in [3.8, 4) is 0 Å². The molecule has 4 nitrogen and oxygen atoms in total. The highest BCUT2D eigenvalue weighted by molar-refractivity contribution is 7.15. The number of hydrogen-bond acceptors (Lipinski definition) is 4. The van der Waals surface area contributed by atoms with Crippen LogP contribution in [-0.4, -0.2) is 16.7 Å². The molecule has 1 fully saturated rings. The first kappa shape index (κ1) is 23.3. The standard InChI is InChI=1S/C13H20N2OS.C11H14O/c1-3-10-4-6-11(7-5-10)13(16)15-12-8-14-9(2)17-12;1-4-10-8(2)6-5-7-11(10)9(3)12/h8,10-11H,3-7H2,1-2H3,(H,15,16);5-7H,4H2,1-3H3. The lowest BCUT2D eigenvalue weighted by molar-refractivity contribution is -0.121. The van der Waals surface area contributed by atoms with E-state index in [-0.39, 0.29) is 17.6 Å². The third kappa shape index (κ3) is 6.77. The maximum atomic E-state index is 12.0. The molecular formula is C24H34N2O2S. The SMILES string of the molecule is CCC1CCC(C(=O)Nc2cnc(C)s2)CC1.CCc1c(C)cccc1C(C)=O. The molecule has 3 rings (SSSR count). The average Bonchev–Trinajstić information content (AvgIpc) is 3.12. The van der Waals surface area contributed by atoms with E-state index in [1.807, 2.05) is 32.0 Å². The van der Waals surface area contributed by atoms with Crippen LogP contribution in [0.5, 0.6) is 0 Å². The molecular weight excluding hydrogens is 380 g/mol. The van der Waals surface area contributed by atoms with Crippen LogP contribution in [0.3, 0.4) is 0 Å². The number of aromatic nitrogens is 1. The summed E-state index contributed by atoms with van der Waals surface area (Å²) in [5, 5.41) is 4.86. The molecule has 0 bridgehead atoms. The first-order valence-corrected chi connectivity index (χ1v) is 11.5. The third-order valence-corrected chi connectivity index (χ3v) is 6.63. The Morgan fingerprint density at radius 1 is 1.14 bits per heavy atom. The van der Waals surface area contributed by atoms with Gasteiger partial charge >= 0.3 is 0 Å². The van der Waals surface area contributed by atoms with Crippen LogP contribution < -0.4 is 5.32 Å². The number of benzene rings is 1. The molecule has 0 radical (unpaired) electrons. The molecule has 1 aromatic carbocycles. The van der Waals surface area contributed by atoms with Gasteiger partial charge in [-0.2, -0.15) is 0 Å². The van der Waals surface area contributed by atoms with Gasteiger partial charge in [-0.15, -0.1) is 11.3 Å². The molecule has 5 heteroatoms. The Morgan fingerprint density at radius 3 is 2.31 bits per heavy atom. The second kappa shape index (κ2) is 11.2. The van der Waals surface area contributed by atoms with Crippen molar-refractivity contribution >= 4 is 28.0 Å². The summed E-state index contributed by atoms with van der Waals surface area (Å²) in [6, 6.07) is 5.88. The smallest absolute Gasteiger partial charge is 0.228 e. The summed E-state index contributed by atoms with van der Waals surface area (Å²) in [5.74, 6) is 1.39. The summed E-state index contributed by atoms with van der Waals surface area (Å²) in [6.07, 6.45) is 8.43. The maximum absolute atomic E-state index is 12.0. The molecule has 2 aromatic rings. The van der Waals surface area contributed by atoms with E-state index in [0.717, 1.165) is 40.8 Å². The minimum atomic E-state index is 0.163. The zero-order valence-electron chi connectivity index (χ0n) is 18.4. The van der Waals surface area contributed by atoms with Gasteiger partial charge in [-0.3, -0.25) is 9.59 Å². The van der Waals surface area contributed by atoms with E-state index in [1.54, 1.807) is 24.5 Å². The van der Waals surface area contributed by atoms with E-state index < -0.39 is 0 Å². The predicted molar refractivity (Wildman–Crippen MR) is 122 cm³/mol. The Morgan fingerprint density at radius 2 is 1.83 bits per heavy atom. The highest BCUT2D eigenvalue weighted by Crippen LogP contribution is 2.31. The van der Waals surface area contributed by atoms with Gasteiger partial charge in [0.2, 0.25) is 5.91 Å². The van der Waals surface area contributed by atoms with E-state index in [1.165, 1.54) is 30.4 Å². The Kier molecular flexibility index (Phi) is 9.02. The van der Waals surface area contributed by atoms with Gasteiger partial charge in [0, 0.05) is 11.5 Å². The molecule has 29 heavy (non-hydrogen) atoms. The number of anilines is 1. The summed E-state index contributed by atoms with van der Waals surface area (Å²) in [6.45, 7) is 9.94. The van der Waals surface area contributed by atoms with Gasteiger partial charge in [0.1, 0.15) is 5.00 Å². The van der Waals surface area contributed by atoms with Crippen molar-refractivity contribution in [2.75, 3.05) is 5.32 Å². The molecule has 0 aliphatic heterocycles. The maximum Gasteiger partial charge on any atom is 0.228 e. The monoisotopic (exact) mass is 414 g/mol. The van der Waals surface area contributed by atoms with Crippen LogP contribution in [0.25, 0.3) is 0 Å². The van der Waals surface area contributed by atoms with Crippen LogP contribution in [0.4, 0.5) is 5.00 Å². The molecule has 1 aliphatic carbocycles. The number of Topliss-reactive ketones (excluding diaryl/α,β-unsaturated/α-hetero) is 1. The summed E-state index contributed by atoms with van der Waals surface area (Å²) in [7, 11) is 0. The zero-order valence-corrected chi connectivity index (χ0v) is 19.2. The number of thiazole rings is 1. The topological polar surface area (TPSA) is 59.1 Å². The average molecular weight is 415 g/mol. The fraction of sp³-hybridized carbons (Fsp3) is 0.542. The van der Waals surface area contributed by atoms with Gasteiger partial charge in [0.05, 0.1) is 11.2 Å². The summed E-state index contributed by atoms with van der Waals surface area (Å²) in [4.78, 5) is 27.4. The molecule has 1 heterocycles. The van der Waals surface area contributed by atoms with Crippen LogP contribution in [0.1, 0.15) is 79.4 Å². The quantitative estimate of drug-likeness (QED) is 0.579. The minimum Gasteiger partial charge on any atom is -0.316 e. The molecule has 158 valence electrons. The van der Waals surface area contributed by atoms with Crippen molar-refractivity contribution in [3.63, 3.8) is 0 Å². The fourth-order valence-electron chi connectivity index (χ4n) is 3.98. The van der Waals surface area contributed by atoms with Crippen LogP contribution in [0, 0.1) is 25.7 Å². The first-order valence-electron chi connectivity index (χ1n) is 10.7. The van der Waals surface area contributed by atoms with Crippen LogP contribution >= 0.6 is 11.3 Å². The number of nitrogens with one attached hydrogen (secondary N) is 1. The number of ketones is 1. The lowest BCUT2D eigenvalue weighted by Gasteiger charge is -2.26. The van der Waals surface area contributed by atoms with Gasteiger partial charge in [-0.05, 0) is 69.9 Å². The lowest BCUT2D eigenvalue weighted by atomic mass is 9.80. The minimum absolute atomic E-state index is 0.163. The van der Waals surface area contributed by atoms with Crippen LogP contribution in [0.15, 0.2) is 24.4 Å². The third-order valence-electron chi connectivity index (χ3n) is 5.81. The van der Waals surface area contributed by atoms with E-state index in [0.29, 0.717) is 0 Å². The zero-order chi connectivity index (χ0) is 21.4. The van der Waals surface area contributed by atoms with Crippen LogP contribution in [0.2, 0.25) is 0 Å². The summed E-state index contributed by atoms with van der Waals surface area (Å²) >= 11 is 1.54. The molecule has 0 atom stereocenters. The number of nitrogens with zero attached hydrogens (tertiary/aromatic N) is 1. The Hall–Kier alpha value is -2.01. The van der Waals surface area contributed by atoms with Gasteiger partial charge in [-0.1, -0.05) is 38.5 Å². The van der Waals surface area contributed by atoms with Crippen molar-refractivity contribution in [3.05, 3.63) is 46.1 Å². The normalized spacial score (nSPS) is 18.5. The highest BCUT2D eigenvalue weighted by Gasteiger charge is 2.25. The second-order valence-electron chi connectivity index (χ2n) is 7.87. The van der Waals surface area contributed by atoms with E-state index >= 15 is 0 Å². The number of carbonyl (C=O) groups is 2. The number of carbonyl (C=O) groups excluding carboxylic acids is 2. The lowest BCUT2D eigenvalue weighted by Crippen LogP contribution is -2.26. The second-order valence-corrected chi connectivity index (χ2v) is 9.10. The van der Waals surface area contributed by atoms with E-state index in [4.69, 9.17) is 0 Å². The van der Waals surface area contributed by atoms with Crippen molar-refractivity contribution in [1.29, 1.82) is 0 Å².